The highest BCUT2D eigenvalue weighted by molar-refractivity contribution is 7.86. The Morgan fingerprint density at radius 1 is 1.10 bits per heavy atom. The van der Waals surface area contributed by atoms with Crippen molar-refractivity contribution in [3.05, 3.63) is 53.6 Å². The second-order valence-electron chi connectivity index (χ2n) is 7.77. The van der Waals surface area contributed by atoms with E-state index in [4.69, 9.17) is 4.74 Å². The van der Waals surface area contributed by atoms with Crippen molar-refractivity contribution in [2.45, 2.75) is 25.7 Å². The van der Waals surface area contributed by atoms with E-state index in [1.54, 1.807) is 16.4 Å². The van der Waals surface area contributed by atoms with Crippen LogP contribution in [0.2, 0.25) is 0 Å². The van der Waals surface area contributed by atoms with Crippen molar-refractivity contribution in [1.82, 2.24) is 13.6 Å². The van der Waals surface area contributed by atoms with Crippen LogP contribution in [0.25, 0.3) is 0 Å². The van der Waals surface area contributed by atoms with Gasteiger partial charge in [0.05, 0.1) is 13.2 Å². The smallest absolute Gasteiger partial charge is 0.282 e. The molecule has 2 aliphatic heterocycles. The first-order valence-corrected chi connectivity index (χ1v) is 11.7. The number of aryl methyl sites for hydroxylation is 1. The average molecular weight is 435 g/mol. The van der Waals surface area contributed by atoms with Gasteiger partial charge in [0, 0.05) is 54.9 Å². The lowest BCUT2D eigenvalue weighted by Gasteiger charge is -2.36. The molecule has 30 heavy (non-hydrogen) atoms. The van der Waals surface area contributed by atoms with Crippen molar-refractivity contribution >= 4 is 21.6 Å². The lowest BCUT2D eigenvalue weighted by Crippen LogP contribution is -2.51. The van der Waals surface area contributed by atoms with Crippen LogP contribution in [0.1, 0.15) is 30.1 Å². The zero-order valence-electron chi connectivity index (χ0n) is 17.1. The van der Waals surface area contributed by atoms with Crippen molar-refractivity contribution in [2.75, 3.05) is 44.7 Å². The third-order valence-corrected chi connectivity index (χ3v) is 7.51. The van der Waals surface area contributed by atoms with Gasteiger partial charge in [-0.25, -0.2) is 4.39 Å². The molecule has 0 amide bonds. The predicted molar refractivity (Wildman–Crippen MR) is 114 cm³/mol. The van der Waals surface area contributed by atoms with Crippen molar-refractivity contribution < 1.29 is 17.5 Å². The van der Waals surface area contributed by atoms with Crippen molar-refractivity contribution in [2.24, 2.45) is 0 Å². The van der Waals surface area contributed by atoms with E-state index in [9.17, 15) is 12.8 Å². The van der Waals surface area contributed by atoms with Gasteiger partial charge in [0.15, 0.2) is 0 Å². The van der Waals surface area contributed by atoms with E-state index in [0.717, 1.165) is 29.9 Å². The Bertz CT molecular complexity index is 995. The molecule has 1 N–H and O–H groups in total. The molecule has 0 radical (unpaired) electrons. The number of hydrogen-bond donors (Lipinski definition) is 1. The summed E-state index contributed by atoms with van der Waals surface area (Å²) in [6, 6.07) is 10.1. The first-order valence-electron chi connectivity index (χ1n) is 10.3. The SMILES string of the molecule is Cc1cc(Nc2cccc(F)c2)cc(C2CCCN(S(=O)(=O)N3CCOCC3)C2)n1. The van der Waals surface area contributed by atoms with Crippen molar-refractivity contribution in [1.29, 1.82) is 0 Å². The molecule has 0 spiro atoms. The molecule has 2 fully saturated rings. The number of aromatic nitrogens is 1. The fraction of sp³-hybridized carbons (Fsp3) is 0.476. The second-order valence-corrected chi connectivity index (χ2v) is 9.70. The minimum absolute atomic E-state index is 0.0162. The maximum Gasteiger partial charge on any atom is 0.282 e. The molecule has 2 saturated heterocycles. The summed E-state index contributed by atoms with van der Waals surface area (Å²) in [6.07, 6.45) is 1.67. The monoisotopic (exact) mass is 434 g/mol. The number of hydrogen-bond acceptors (Lipinski definition) is 5. The largest absolute Gasteiger partial charge is 0.379 e. The van der Waals surface area contributed by atoms with Gasteiger partial charge in [0.2, 0.25) is 0 Å². The molecule has 0 aliphatic carbocycles. The van der Waals surface area contributed by atoms with E-state index in [1.807, 2.05) is 19.1 Å². The van der Waals surface area contributed by atoms with Crippen LogP contribution in [-0.4, -0.2) is 61.4 Å². The van der Waals surface area contributed by atoms with Gasteiger partial charge >= 0.3 is 0 Å². The number of morpholine rings is 1. The maximum atomic E-state index is 13.5. The van der Waals surface area contributed by atoms with Crippen LogP contribution < -0.4 is 5.32 Å². The number of nitrogens with one attached hydrogen (secondary N) is 1. The number of rotatable bonds is 5. The highest BCUT2D eigenvalue weighted by Gasteiger charge is 2.35. The highest BCUT2D eigenvalue weighted by atomic mass is 32.2. The number of piperidine rings is 1. The molecule has 162 valence electrons. The van der Waals surface area contributed by atoms with Gasteiger partial charge in [0.1, 0.15) is 5.82 Å². The Hall–Kier alpha value is -2.07. The van der Waals surface area contributed by atoms with Gasteiger partial charge in [0.25, 0.3) is 10.2 Å². The Labute approximate surface area is 177 Å². The minimum Gasteiger partial charge on any atom is -0.379 e. The molecule has 3 heterocycles. The summed E-state index contributed by atoms with van der Waals surface area (Å²) in [4.78, 5) is 4.68. The van der Waals surface area contributed by atoms with Crippen LogP contribution >= 0.6 is 0 Å². The highest BCUT2D eigenvalue weighted by Crippen LogP contribution is 2.30. The van der Waals surface area contributed by atoms with Gasteiger partial charge in [-0.15, -0.1) is 0 Å². The minimum atomic E-state index is -3.50. The fourth-order valence-corrected chi connectivity index (χ4v) is 5.71. The van der Waals surface area contributed by atoms with Crippen LogP contribution in [0.15, 0.2) is 36.4 Å². The number of halogens is 1. The van der Waals surface area contributed by atoms with Crippen LogP contribution in [0.5, 0.6) is 0 Å². The summed E-state index contributed by atoms with van der Waals surface area (Å²) in [7, 11) is -3.50. The third kappa shape index (κ3) is 4.80. The van der Waals surface area contributed by atoms with E-state index in [2.05, 4.69) is 10.3 Å². The van der Waals surface area contributed by atoms with Crippen LogP contribution in [0.3, 0.4) is 0 Å². The number of ether oxygens (including phenoxy) is 1. The van der Waals surface area contributed by atoms with E-state index >= 15 is 0 Å². The van der Waals surface area contributed by atoms with Gasteiger partial charge in [-0.2, -0.15) is 17.0 Å². The summed E-state index contributed by atoms with van der Waals surface area (Å²) in [5.74, 6) is -0.287. The molecule has 2 aliphatic rings. The Balaban J connectivity index is 1.52. The zero-order chi connectivity index (χ0) is 21.1. The van der Waals surface area contributed by atoms with Crippen LogP contribution in [0, 0.1) is 12.7 Å². The molecule has 0 saturated carbocycles. The number of pyridine rings is 1. The normalized spacial score (nSPS) is 21.5. The van der Waals surface area contributed by atoms with E-state index in [1.165, 1.54) is 16.4 Å². The van der Waals surface area contributed by atoms with Crippen LogP contribution in [0.4, 0.5) is 15.8 Å². The average Bonchev–Trinajstić information content (AvgIpc) is 2.74. The lowest BCUT2D eigenvalue weighted by molar-refractivity contribution is 0.0695. The Kier molecular flexibility index (Phi) is 6.33. The molecule has 1 aromatic heterocycles. The number of anilines is 2. The maximum absolute atomic E-state index is 13.5. The summed E-state index contributed by atoms with van der Waals surface area (Å²) in [6.45, 7) is 4.51. The quantitative estimate of drug-likeness (QED) is 0.783. The molecule has 7 nitrogen and oxygen atoms in total. The van der Waals surface area contributed by atoms with E-state index in [-0.39, 0.29) is 11.7 Å². The van der Waals surface area contributed by atoms with Gasteiger partial charge < -0.3 is 10.1 Å². The summed E-state index contributed by atoms with van der Waals surface area (Å²) in [5, 5.41) is 3.22. The van der Waals surface area contributed by atoms with E-state index < -0.39 is 10.2 Å². The first kappa shape index (κ1) is 21.2. The van der Waals surface area contributed by atoms with Gasteiger partial charge in [-0.3, -0.25) is 4.98 Å². The number of nitrogens with zero attached hydrogens (tertiary/aromatic N) is 3. The lowest BCUT2D eigenvalue weighted by atomic mass is 9.95. The fourth-order valence-electron chi connectivity index (χ4n) is 4.04. The summed E-state index contributed by atoms with van der Waals surface area (Å²) < 4.78 is 48.0. The van der Waals surface area contributed by atoms with Gasteiger partial charge in [-0.05, 0) is 50.1 Å². The summed E-state index contributed by atoms with van der Waals surface area (Å²) in [5.41, 5.74) is 3.17. The zero-order valence-corrected chi connectivity index (χ0v) is 17.9. The molecular formula is C21H27FN4O3S. The Morgan fingerprint density at radius 3 is 2.67 bits per heavy atom. The topological polar surface area (TPSA) is 74.8 Å². The molecule has 4 rings (SSSR count). The third-order valence-electron chi connectivity index (χ3n) is 5.51. The molecule has 9 heteroatoms. The van der Waals surface area contributed by atoms with E-state index in [0.29, 0.717) is 45.1 Å². The molecule has 1 aromatic carbocycles. The standard InChI is InChI=1S/C21H27FN4O3S/c1-16-12-20(24-19-6-2-5-18(22)13-19)14-21(23-16)17-4-3-7-26(15-17)30(27,28)25-8-10-29-11-9-25/h2,5-6,12-14,17H,3-4,7-11,15H2,1H3,(H,23,24). The van der Waals surface area contributed by atoms with Crippen molar-refractivity contribution in [3.63, 3.8) is 0 Å². The van der Waals surface area contributed by atoms with Crippen molar-refractivity contribution in [3.8, 4) is 0 Å². The number of benzene rings is 1. The second kappa shape index (κ2) is 8.97. The summed E-state index contributed by atoms with van der Waals surface area (Å²) >= 11 is 0. The molecular weight excluding hydrogens is 407 g/mol. The Morgan fingerprint density at radius 2 is 1.90 bits per heavy atom. The molecule has 1 unspecified atom stereocenters. The predicted octanol–water partition coefficient (Wildman–Crippen LogP) is 3.03. The molecule has 2 aromatic rings. The van der Waals surface area contributed by atoms with Crippen LogP contribution in [-0.2, 0) is 14.9 Å². The van der Waals surface area contributed by atoms with Gasteiger partial charge in [-0.1, -0.05) is 6.07 Å². The molecule has 1 atom stereocenters. The first-order chi connectivity index (χ1) is 14.4. The molecule has 0 bridgehead atoms.